The molecule has 0 aliphatic heterocycles. The van der Waals surface area contributed by atoms with E-state index in [-0.39, 0.29) is 9.99 Å². The average molecular weight is 426 g/mol. The van der Waals surface area contributed by atoms with Crippen molar-refractivity contribution in [1.82, 2.24) is 9.55 Å². The number of hydrogen-bond donors (Lipinski definition) is 1. The van der Waals surface area contributed by atoms with Crippen LogP contribution >= 0.6 is 27.3 Å². The van der Waals surface area contributed by atoms with E-state index in [1.807, 2.05) is 0 Å². The first kappa shape index (κ1) is 16.9. The summed E-state index contributed by atoms with van der Waals surface area (Å²) in [7, 11) is -1.90. The molecule has 0 aliphatic rings. The third-order valence-corrected chi connectivity index (χ3v) is 6.73. The van der Waals surface area contributed by atoms with Gasteiger partial charge in [0.1, 0.15) is 4.21 Å². The van der Waals surface area contributed by atoms with Crippen LogP contribution in [0.1, 0.15) is 16.2 Å². The van der Waals surface area contributed by atoms with E-state index in [9.17, 15) is 13.2 Å². The number of nitrogens with zero attached hydrogens (tertiary/aromatic N) is 2. The van der Waals surface area contributed by atoms with Gasteiger partial charge < -0.3 is 4.57 Å². The zero-order valence-electron chi connectivity index (χ0n) is 12.4. The molecule has 0 amide bonds. The molecule has 0 saturated carbocycles. The summed E-state index contributed by atoms with van der Waals surface area (Å²) < 4.78 is 29.6. The molecule has 2 aromatic heterocycles. The van der Waals surface area contributed by atoms with Crippen molar-refractivity contribution >= 4 is 48.8 Å². The molecule has 1 aromatic carbocycles. The van der Waals surface area contributed by atoms with Gasteiger partial charge in [-0.15, -0.1) is 11.3 Å². The third-order valence-electron chi connectivity index (χ3n) is 3.24. The van der Waals surface area contributed by atoms with Crippen molar-refractivity contribution in [3.05, 3.63) is 64.0 Å². The number of carbonyl (C=O) groups is 1. The Bertz CT molecular complexity index is 991. The van der Waals surface area contributed by atoms with Crippen molar-refractivity contribution in [2.45, 2.75) is 4.21 Å². The molecule has 3 aromatic rings. The van der Waals surface area contributed by atoms with Crippen molar-refractivity contribution < 1.29 is 13.2 Å². The van der Waals surface area contributed by atoms with E-state index >= 15 is 0 Å². The molecule has 6 nitrogen and oxygen atoms in total. The zero-order valence-corrected chi connectivity index (χ0v) is 15.7. The lowest BCUT2D eigenvalue weighted by Gasteiger charge is -2.07. The summed E-state index contributed by atoms with van der Waals surface area (Å²) in [6.07, 6.45) is 3.24. The van der Waals surface area contributed by atoms with Crippen molar-refractivity contribution in [2.24, 2.45) is 7.05 Å². The first-order valence-corrected chi connectivity index (χ1v) is 9.86. The Morgan fingerprint density at radius 2 is 1.92 bits per heavy atom. The Morgan fingerprint density at radius 3 is 2.46 bits per heavy atom. The predicted molar refractivity (Wildman–Crippen MR) is 95.9 cm³/mol. The van der Waals surface area contributed by atoms with Gasteiger partial charge in [-0.05, 0) is 52.3 Å². The van der Waals surface area contributed by atoms with Gasteiger partial charge in [-0.3, -0.25) is 9.52 Å². The number of sulfonamides is 1. The number of thiophene rings is 1. The molecule has 9 heteroatoms. The zero-order chi connectivity index (χ0) is 17.3. The number of rotatable bonds is 5. The lowest BCUT2D eigenvalue weighted by molar-refractivity contribution is 0.102. The first-order valence-electron chi connectivity index (χ1n) is 6.77. The van der Waals surface area contributed by atoms with E-state index in [0.717, 1.165) is 15.1 Å². The van der Waals surface area contributed by atoms with Gasteiger partial charge in [0, 0.05) is 30.7 Å². The van der Waals surface area contributed by atoms with Crippen molar-refractivity contribution in [3.63, 3.8) is 0 Å². The number of aromatic nitrogens is 2. The summed E-state index contributed by atoms with van der Waals surface area (Å²) in [6, 6.07) is 9.44. The second-order valence-electron chi connectivity index (χ2n) is 4.93. The molecule has 0 radical (unpaired) electrons. The molecule has 124 valence electrons. The summed E-state index contributed by atoms with van der Waals surface area (Å²) in [5.41, 5.74) is 0.821. The molecule has 0 spiro atoms. The molecule has 0 bridgehead atoms. The molecule has 0 atom stereocenters. The van der Waals surface area contributed by atoms with Crippen molar-refractivity contribution in [3.8, 4) is 0 Å². The van der Waals surface area contributed by atoms with Crippen LogP contribution in [-0.2, 0) is 17.1 Å². The molecule has 0 unspecified atom stereocenters. The topological polar surface area (TPSA) is 81.1 Å². The van der Waals surface area contributed by atoms with Crippen LogP contribution in [0.2, 0.25) is 0 Å². The Kier molecular flexibility index (Phi) is 4.57. The number of anilines is 1. The molecular weight excluding hydrogens is 414 g/mol. The fraction of sp³-hybridized carbons (Fsp3) is 0.0667. The standard InChI is InChI=1S/C15H12BrN3O3S2/c1-19-9-8-17-15(19)14(20)10-2-4-11(5-3-10)18-24(21,22)13-7-6-12(16)23-13/h2-9,18H,1H3. The number of benzene rings is 1. The third kappa shape index (κ3) is 3.42. The molecule has 3 rings (SSSR count). The molecule has 24 heavy (non-hydrogen) atoms. The average Bonchev–Trinajstić information content (AvgIpc) is 3.16. The lowest BCUT2D eigenvalue weighted by atomic mass is 10.1. The van der Waals surface area contributed by atoms with E-state index in [0.29, 0.717) is 17.1 Å². The summed E-state index contributed by atoms with van der Waals surface area (Å²) >= 11 is 4.36. The maximum atomic E-state index is 12.3. The number of carbonyl (C=O) groups excluding carboxylic acids is 1. The fourth-order valence-corrected chi connectivity index (χ4v) is 5.12. The normalized spacial score (nSPS) is 11.4. The van der Waals surface area contributed by atoms with Gasteiger partial charge in [0.2, 0.25) is 5.78 Å². The van der Waals surface area contributed by atoms with Gasteiger partial charge in [-0.1, -0.05) is 0 Å². The van der Waals surface area contributed by atoms with Crippen molar-refractivity contribution in [2.75, 3.05) is 4.72 Å². The number of ketones is 1. The Hall–Kier alpha value is -1.97. The van der Waals surface area contributed by atoms with Crippen LogP contribution in [-0.4, -0.2) is 23.8 Å². The van der Waals surface area contributed by atoms with Gasteiger partial charge in [-0.2, -0.15) is 0 Å². The minimum atomic E-state index is -3.64. The highest BCUT2D eigenvalue weighted by atomic mass is 79.9. The van der Waals surface area contributed by atoms with E-state index in [4.69, 9.17) is 0 Å². The predicted octanol–water partition coefficient (Wildman–Crippen LogP) is 3.28. The maximum absolute atomic E-state index is 12.3. The van der Waals surface area contributed by atoms with Gasteiger partial charge in [0.15, 0.2) is 5.82 Å². The van der Waals surface area contributed by atoms with Crippen LogP contribution in [0.5, 0.6) is 0 Å². The smallest absolute Gasteiger partial charge is 0.271 e. The number of halogens is 1. The second-order valence-corrected chi connectivity index (χ2v) is 9.30. The highest BCUT2D eigenvalue weighted by Crippen LogP contribution is 2.27. The second kappa shape index (κ2) is 6.50. The van der Waals surface area contributed by atoms with Crippen LogP contribution in [0, 0.1) is 0 Å². The van der Waals surface area contributed by atoms with Crippen LogP contribution < -0.4 is 4.72 Å². The number of imidazole rings is 1. The fourth-order valence-electron chi connectivity index (χ4n) is 2.05. The lowest BCUT2D eigenvalue weighted by Crippen LogP contribution is -2.12. The Morgan fingerprint density at radius 1 is 1.21 bits per heavy atom. The maximum Gasteiger partial charge on any atom is 0.271 e. The highest BCUT2D eigenvalue weighted by molar-refractivity contribution is 9.11. The molecule has 0 saturated heterocycles. The molecule has 0 aliphatic carbocycles. The van der Waals surface area contributed by atoms with Crippen LogP contribution in [0.25, 0.3) is 0 Å². The van der Waals surface area contributed by atoms with E-state index in [2.05, 4.69) is 25.6 Å². The molecule has 1 N–H and O–H groups in total. The number of aryl methyl sites for hydroxylation is 1. The van der Waals surface area contributed by atoms with Crippen LogP contribution in [0.15, 0.2) is 56.8 Å². The van der Waals surface area contributed by atoms with Gasteiger partial charge in [0.25, 0.3) is 10.0 Å². The number of nitrogens with one attached hydrogen (secondary N) is 1. The minimum Gasteiger partial charge on any atom is -0.331 e. The summed E-state index contributed by atoms with van der Waals surface area (Å²) in [4.78, 5) is 16.3. The Balaban J connectivity index is 1.80. The monoisotopic (exact) mass is 425 g/mol. The van der Waals surface area contributed by atoms with Gasteiger partial charge >= 0.3 is 0 Å². The van der Waals surface area contributed by atoms with Gasteiger partial charge in [0.05, 0.1) is 3.79 Å². The minimum absolute atomic E-state index is 0.211. The largest absolute Gasteiger partial charge is 0.331 e. The van der Waals surface area contributed by atoms with E-state index < -0.39 is 10.0 Å². The van der Waals surface area contributed by atoms with E-state index in [1.165, 1.54) is 6.07 Å². The van der Waals surface area contributed by atoms with Gasteiger partial charge in [-0.25, -0.2) is 13.4 Å². The van der Waals surface area contributed by atoms with Crippen LogP contribution in [0.4, 0.5) is 5.69 Å². The summed E-state index contributed by atoms with van der Waals surface area (Å²) in [5, 5.41) is 0. The number of hydrogen-bond acceptors (Lipinski definition) is 5. The quantitative estimate of drug-likeness (QED) is 0.635. The highest BCUT2D eigenvalue weighted by Gasteiger charge is 2.18. The summed E-state index contributed by atoms with van der Waals surface area (Å²) in [6.45, 7) is 0. The molecular formula is C15H12BrN3O3S2. The first-order chi connectivity index (χ1) is 11.4. The van der Waals surface area contributed by atoms with Crippen LogP contribution in [0.3, 0.4) is 0 Å². The SMILES string of the molecule is Cn1ccnc1C(=O)c1ccc(NS(=O)(=O)c2ccc(Br)s2)cc1. The molecule has 2 heterocycles. The Labute approximate surface area is 151 Å². The molecule has 0 fully saturated rings. The summed E-state index contributed by atoms with van der Waals surface area (Å²) in [5.74, 6) is 0.103. The van der Waals surface area contributed by atoms with E-state index in [1.54, 1.807) is 54.3 Å². The van der Waals surface area contributed by atoms with Crippen molar-refractivity contribution in [1.29, 1.82) is 0 Å².